The second kappa shape index (κ2) is 5.58. The van der Waals surface area contributed by atoms with Gasteiger partial charge in [-0.25, -0.2) is 9.28 Å². The Balaban J connectivity index is 3.38. The van der Waals surface area contributed by atoms with Crippen LogP contribution in [0.4, 0.5) is 4.39 Å². The van der Waals surface area contributed by atoms with Crippen LogP contribution in [0.25, 0.3) is 0 Å². The summed E-state index contributed by atoms with van der Waals surface area (Å²) in [5, 5.41) is 7.87. The van der Waals surface area contributed by atoms with Crippen LogP contribution in [0.3, 0.4) is 0 Å². The Hall–Kier alpha value is -0.190. The summed E-state index contributed by atoms with van der Waals surface area (Å²) in [6, 6.07) is 0. The van der Waals surface area contributed by atoms with E-state index in [-0.39, 0.29) is 12.5 Å². The number of alkyl halides is 1. The normalized spacial score (nSPS) is 16.8. The van der Waals surface area contributed by atoms with Crippen molar-refractivity contribution >= 4 is 0 Å². The summed E-state index contributed by atoms with van der Waals surface area (Å²) in [6.45, 7) is 1.74. The molecular formula is C6H13FO3. The van der Waals surface area contributed by atoms with Crippen molar-refractivity contribution in [2.24, 2.45) is 5.92 Å². The van der Waals surface area contributed by atoms with E-state index in [0.717, 1.165) is 0 Å². The maximum absolute atomic E-state index is 12.6. The standard InChI is InChI=1S/C6H13FO3/c1-5(3-9-2)6(7)4-10-8/h5-6,8H,3-4H2,1-2H3. The zero-order valence-electron chi connectivity index (χ0n) is 6.21. The molecule has 0 radical (unpaired) electrons. The van der Waals surface area contributed by atoms with Gasteiger partial charge in [0.25, 0.3) is 0 Å². The maximum Gasteiger partial charge on any atom is 0.131 e. The lowest BCUT2D eigenvalue weighted by molar-refractivity contribution is -0.254. The highest BCUT2D eigenvalue weighted by Crippen LogP contribution is 2.07. The van der Waals surface area contributed by atoms with Crippen molar-refractivity contribution in [1.29, 1.82) is 0 Å². The van der Waals surface area contributed by atoms with Crippen LogP contribution in [0, 0.1) is 5.92 Å². The van der Waals surface area contributed by atoms with E-state index in [1.54, 1.807) is 6.92 Å². The summed E-state index contributed by atoms with van der Waals surface area (Å²) in [6.07, 6.45) is -1.16. The van der Waals surface area contributed by atoms with Crippen LogP contribution in [0.15, 0.2) is 0 Å². The zero-order valence-corrected chi connectivity index (χ0v) is 6.21. The average Bonchev–Trinajstić information content (AvgIpc) is 1.89. The molecule has 10 heavy (non-hydrogen) atoms. The van der Waals surface area contributed by atoms with E-state index in [4.69, 9.17) is 9.99 Å². The fourth-order valence-corrected chi connectivity index (χ4v) is 0.603. The summed E-state index contributed by atoms with van der Waals surface area (Å²) >= 11 is 0. The molecule has 0 aromatic heterocycles. The monoisotopic (exact) mass is 152 g/mol. The lowest BCUT2D eigenvalue weighted by Crippen LogP contribution is -2.22. The second-order valence-electron chi connectivity index (χ2n) is 2.24. The summed E-state index contributed by atoms with van der Waals surface area (Å²) in [4.78, 5) is 3.64. The molecule has 2 unspecified atom stereocenters. The van der Waals surface area contributed by atoms with Crippen LogP contribution in [0.2, 0.25) is 0 Å². The van der Waals surface area contributed by atoms with E-state index in [1.165, 1.54) is 7.11 Å². The van der Waals surface area contributed by atoms with Crippen molar-refractivity contribution in [3.05, 3.63) is 0 Å². The Morgan fingerprint density at radius 1 is 1.50 bits per heavy atom. The highest BCUT2D eigenvalue weighted by molar-refractivity contribution is 4.62. The molecule has 2 atom stereocenters. The molecule has 0 aliphatic heterocycles. The number of ether oxygens (including phenoxy) is 1. The molecule has 4 heteroatoms. The summed E-state index contributed by atoms with van der Waals surface area (Å²) in [5.41, 5.74) is 0. The summed E-state index contributed by atoms with van der Waals surface area (Å²) in [5.74, 6) is -0.239. The molecule has 0 aromatic rings. The van der Waals surface area contributed by atoms with Crippen LogP contribution in [-0.2, 0) is 9.62 Å². The summed E-state index contributed by atoms with van der Waals surface area (Å²) in [7, 11) is 1.50. The highest BCUT2D eigenvalue weighted by Gasteiger charge is 2.15. The fraction of sp³-hybridized carbons (Fsp3) is 1.00. The lowest BCUT2D eigenvalue weighted by atomic mass is 10.1. The molecule has 0 rings (SSSR count). The van der Waals surface area contributed by atoms with Crippen molar-refractivity contribution in [1.82, 2.24) is 0 Å². The number of methoxy groups -OCH3 is 1. The molecular weight excluding hydrogens is 139 g/mol. The quantitative estimate of drug-likeness (QED) is 0.473. The average molecular weight is 152 g/mol. The fourth-order valence-electron chi connectivity index (χ4n) is 0.603. The molecule has 0 spiro atoms. The van der Waals surface area contributed by atoms with Gasteiger partial charge in [-0.2, -0.15) is 0 Å². The molecule has 0 bridgehead atoms. The van der Waals surface area contributed by atoms with Crippen molar-refractivity contribution in [2.75, 3.05) is 20.3 Å². The van der Waals surface area contributed by atoms with E-state index in [0.29, 0.717) is 6.61 Å². The van der Waals surface area contributed by atoms with Gasteiger partial charge in [-0.05, 0) is 0 Å². The first-order valence-corrected chi connectivity index (χ1v) is 3.11. The lowest BCUT2D eigenvalue weighted by Gasteiger charge is -2.13. The van der Waals surface area contributed by atoms with Crippen LogP contribution in [-0.4, -0.2) is 31.8 Å². The first-order chi connectivity index (χ1) is 4.72. The van der Waals surface area contributed by atoms with Gasteiger partial charge in [0.2, 0.25) is 0 Å². The number of hydrogen-bond donors (Lipinski definition) is 1. The van der Waals surface area contributed by atoms with Gasteiger partial charge in [-0.15, -0.1) is 0 Å². The Bertz CT molecular complexity index is 69.4. The van der Waals surface area contributed by atoms with E-state index in [2.05, 4.69) is 4.89 Å². The van der Waals surface area contributed by atoms with Gasteiger partial charge in [0.1, 0.15) is 12.8 Å². The maximum atomic E-state index is 12.6. The molecule has 0 aliphatic rings. The van der Waals surface area contributed by atoms with E-state index in [9.17, 15) is 4.39 Å². The molecule has 0 saturated carbocycles. The van der Waals surface area contributed by atoms with Crippen LogP contribution >= 0.6 is 0 Å². The minimum Gasteiger partial charge on any atom is -0.384 e. The van der Waals surface area contributed by atoms with Gasteiger partial charge in [0.05, 0.1) is 6.61 Å². The third-order valence-corrected chi connectivity index (χ3v) is 1.28. The molecule has 0 amide bonds. The topological polar surface area (TPSA) is 38.7 Å². The molecule has 0 fully saturated rings. The molecule has 62 valence electrons. The van der Waals surface area contributed by atoms with Crippen molar-refractivity contribution in [3.8, 4) is 0 Å². The van der Waals surface area contributed by atoms with Crippen molar-refractivity contribution in [2.45, 2.75) is 13.1 Å². The Morgan fingerprint density at radius 2 is 2.10 bits per heavy atom. The highest BCUT2D eigenvalue weighted by atomic mass is 19.1. The number of rotatable bonds is 5. The molecule has 0 aromatic carbocycles. The smallest absolute Gasteiger partial charge is 0.131 e. The first-order valence-electron chi connectivity index (χ1n) is 3.11. The van der Waals surface area contributed by atoms with Gasteiger partial charge in [0.15, 0.2) is 0 Å². The first kappa shape index (κ1) is 9.81. The molecule has 0 saturated heterocycles. The third kappa shape index (κ3) is 3.76. The molecule has 1 N–H and O–H groups in total. The molecule has 0 aliphatic carbocycles. The molecule has 0 heterocycles. The van der Waals surface area contributed by atoms with Crippen LogP contribution in [0.1, 0.15) is 6.92 Å². The predicted molar refractivity (Wildman–Crippen MR) is 34.5 cm³/mol. The van der Waals surface area contributed by atoms with Crippen LogP contribution in [0.5, 0.6) is 0 Å². The predicted octanol–water partition coefficient (Wildman–Crippen LogP) is 1.10. The van der Waals surface area contributed by atoms with E-state index < -0.39 is 6.17 Å². The second-order valence-corrected chi connectivity index (χ2v) is 2.24. The Labute approximate surface area is 59.7 Å². The minimum atomic E-state index is -1.16. The SMILES string of the molecule is COCC(C)C(F)COO. The van der Waals surface area contributed by atoms with Crippen LogP contribution < -0.4 is 0 Å². The summed E-state index contributed by atoms with van der Waals surface area (Å²) < 4.78 is 17.3. The number of hydrogen-bond acceptors (Lipinski definition) is 3. The number of halogens is 1. The largest absolute Gasteiger partial charge is 0.384 e. The zero-order chi connectivity index (χ0) is 7.98. The Kier molecular flexibility index (Phi) is 5.48. The van der Waals surface area contributed by atoms with Crippen molar-refractivity contribution < 1.29 is 19.3 Å². The van der Waals surface area contributed by atoms with Crippen molar-refractivity contribution in [3.63, 3.8) is 0 Å². The van der Waals surface area contributed by atoms with Gasteiger partial charge in [0, 0.05) is 13.0 Å². The Morgan fingerprint density at radius 3 is 2.50 bits per heavy atom. The van der Waals surface area contributed by atoms with Gasteiger partial charge >= 0.3 is 0 Å². The van der Waals surface area contributed by atoms with E-state index >= 15 is 0 Å². The van der Waals surface area contributed by atoms with E-state index in [1.807, 2.05) is 0 Å². The van der Waals surface area contributed by atoms with Gasteiger partial charge in [-0.3, -0.25) is 5.26 Å². The van der Waals surface area contributed by atoms with Gasteiger partial charge in [-0.1, -0.05) is 6.92 Å². The van der Waals surface area contributed by atoms with Gasteiger partial charge < -0.3 is 4.74 Å². The molecule has 3 nitrogen and oxygen atoms in total. The third-order valence-electron chi connectivity index (χ3n) is 1.28. The minimum absolute atomic E-state index is 0.239.